The lowest BCUT2D eigenvalue weighted by Crippen LogP contribution is -2.18. The van der Waals surface area contributed by atoms with E-state index in [1.54, 1.807) is 0 Å². The summed E-state index contributed by atoms with van der Waals surface area (Å²) in [4.78, 5) is 4.20. The molecule has 0 amide bonds. The van der Waals surface area contributed by atoms with Gasteiger partial charge in [0, 0.05) is 30.1 Å². The third-order valence-electron chi connectivity index (χ3n) is 2.87. The third-order valence-corrected chi connectivity index (χ3v) is 4.25. The SMILES string of the molecule is NCCc1cncn1CC1CCCCS1. The number of rotatable bonds is 4. The third kappa shape index (κ3) is 2.98. The predicted molar refractivity (Wildman–Crippen MR) is 65.1 cm³/mol. The number of hydrogen-bond acceptors (Lipinski definition) is 3. The van der Waals surface area contributed by atoms with E-state index < -0.39 is 0 Å². The first kappa shape index (κ1) is 11.0. The molecule has 1 atom stereocenters. The molecule has 0 spiro atoms. The largest absolute Gasteiger partial charge is 0.333 e. The van der Waals surface area contributed by atoms with Crippen LogP contribution in [0.2, 0.25) is 0 Å². The number of thioether (sulfide) groups is 1. The van der Waals surface area contributed by atoms with Gasteiger partial charge in [-0.1, -0.05) is 6.42 Å². The highest BCUT2D eigenvalue weighted by atomic mass is 32.2. The molecule has 1 unspecified atom stereocenters. The Labute approximate surface area is 95.4 Å². The predicted octanol–water partition coefficient (Wildman–Crippen LogP) is 1.67. The summed E-state index contributed by atoms with van der Waals surface area (Å²) in [6, 6.07) is 0. The van der Waals surface area contributed by atoms with Crippen LogP contribution in [0.4, 0.5) is 0 Å². The Morgan fingerprint density at radius 1 is 1.53 bits per heavy atom. The molecule has 2 heterocycles. The number of imidazole rings is 1. The van der Waals surface area contributed by atoms with E-state index in [-0.39, 0.29) is 0 Å². The highest BCUT2D eigenvalue weighted by Crippen LogP contribution is 2.26. The minimum Gasteiger partial charge on any atom is -0.333 e. The summed E-state index contributed by atoms with van der Waals surface area (Å²) in [5.41, 5.74) is 6.86. The Morgan fingerprint density at radius 3 is 3.20 bits per heavy atom. The van der Waals surface area contributed by atoms with Gasteiger partial charge in [0.25, 0.3) is 0 Å². The van der Waals surface area contributed by atoms with Crippen molar-refractivity contribution < 1.29 is 0 Å². The molecule has 1 aromatic heterocycles. The van der Waals surface area contributed by atoms with Crippen molar-refractivity contribution in [3.63, 3.8) is 0 Å². The van der Waals surface area contributed by atoms with E-state index in [1.807, 2.05) is 12.5 Å². The lowest BCUT2D eigenvalue weighted by Gasteiger charge is -2.22. The molecule has 1 aliphatic rings. The van der Waals surface area contributed by atoms with E-state index in [9.17, 15) is 0 Å². The van der Waals surface area contributed by atoms with E-state index in [4.69, 9.17) is 5.73 Å². The summed E-state index contributed by atoms with van der Waals surface area (Å²) in [5, 5.41) is 0.782. The first-order chi connectivity index (χ1) is 7.40. The van der Waals surface area contributed by atoms with E-state index in [0.717, 1.165) is 18.2 Å². The Balaban J connectivity index is 1.93. The van der Waals surface area contributed by atoms with Crippen LogP contribution >= 0.6 is 11.8 Å². The summed E-state index contributed by atoms with van der Waals surface area (Å²) in [6.07, 6.45) is 8.96. The molecule has 1 aromatic rings. The van der Waals surface area contributed by atoms with E-state index in [0.29, 0.717) is 6.54 Å². The first-order valence-corrected chi connectivity index (χ1v) is 6.75. The van der Waals surface area contributed by atoms with Gasteiger partial charge in [-0.2, -0.15) is 11.8 Å². The van der Waals surface area contributed by atoms with E-state index >= 15 is 0 Å². The summed E-state index contributed by atoms with van der Waals surface area (Å²) < 4.78 is 2.27. The first-order valence-electron chi connectivity index (χ1n) is 5.71. The van der Waals surface area contributed by atoms with E-state index in [2.05, 4.69) is 21.3 Å². The molecule has 1 aliphatic heterocycles. The van der Waals surface area contributed by atoms with Crippen LogP contribution in [-0.4, -0.2) is 27.1 Å². The molecule has 2 rings (SSSR count). The maximum Gasteiger partial charge on any atom is 0.0948 e. The maximum absolute atomic E-state index is 5.58. The van der Waals surface area contributed by atoms with Gasteiger partial charge in [-0.15, -0.1) is 0 Å². The Hall–Kier alpha value is -0.480. The molecule has 0 aromatic carbocycles. The Kier molecular flexibility index (Phi) is 4.09. The second-order valence-electron chi connectivity index (χ2n) is 4.06. The van der Waals surface area contributed by atoms with Gasteiger partial charge in [0.2, 0.25) is 0 Å². The average Bonchev–Trinajstić information content (AvgIpc) is 2.68. The topological polar surface area (TPSA) is 43.8 Å². The zero-order chi connectivity index (χ0) is 10.5. The molecule has 2 N–H and O–H groups in total. The molecule has 0 saturated carbocycles. The zero-order valence-electron chi connectivity index (χ0n) is 9.06. The number of nitrogens with zero attached hydrogens (tertiary/aromatic N) is 2. The van der Waals surface area contributed by atoms with Crippen LogP contribution in [0.3, 0.4) is 0 Å². The van der Waals surface area contributed by atoms with Gasteiger partial charge >= 0.3 is 0 Å². The van der Waals surface area contributed by atoms with Gasteiger partial charge in [0.15, 0.2) is 0 Å². The van der Waals surface area contributed by atoms with Gasteiger partial charge in [-0.25, -0.2) is 4.98 Å². The number of hydrogen-bond donors (Lipinski definition) is 1. The number of aromatic nitrogens is 2. The second-order valence-corrected chi connectivity index (χ2v) is 5.47. The second kappa shape index (κ2) is 5.56. The lowest BCUT2D eigenvalue weighted by molar-refractivity contribution is 0.569. The van der Waals surface area contributed by atoms with Crippen LogP contribution in [0, 0.1) is 0 Å². The van der Waals surface area contributed by atoms with Crippen LogP contribution < -0.4 is 5.73 Å². The van der Waals surface area contributed by atoms with Crippen molar-refractivity contribution in [3.05, 3.63) is 18.2 Å². The quantitative estimate of drug-likeness (QED) is 0.847. The smallest absolute Gasteiger partial charge is 0.0948 e. The van der Waals surface area contributed by atoms with Crippen molar-refractivity contribution >= 4 is 11.8 Å². The molecule has 15 heavy (non-hydrogen) atoms. The molecular weight excluding hydrogens is 206 g/mol. The normalized spacial score (nSPS) is 21.8. The monoisotopic (exact) mass is 225 g/mol. The minimum absolute atomic E-state index is 0.712. The average molecular weight is 225 g/mol. The Bertz CT molecular complexity index is 292. The zero-order valence-corrected chi connectivity index (χ0v) is 9.88. The molecule has 3 nitrogen and oxygen atoms in total. The van der Waals surface area contributed by atoms with Crippen LogP contribution in [0.1, 0.15) is 25.0 Å². The standard InChI is InChI=1S/C11H19N3S/c12-5-4-10-7-13-9-14(10)8-11-3-1-2-6-15-11/h7,9,11H,1-6,8,12H2. The maximum atomic E-state index is 5.58. The van der Waals surface area contributed by atoms with Crippen LogP contribution in [-0.2, 0) is 13.0 Å². The molecule has 0 radical (unpaired) electrons. The minimum atomic E-state index is 0.712. The fraction of sp³-hybridized carbons (Fsp3) is 0.727. The van der Waals surface area contributed by atoms with Crippen molar-refractivity contribution in [2.24, 2.45) is 5.73 Å². The molecule has 1 fully saturated rings. The molecular formula is C11H19N3S. The number of nitrogens with two attached hydrogens (primary N) is 1. The fourth-order valence-corrected chi connectivity index (χ4v) is 3.34. The summed E-state index contributed by atoms with van der Waals surface area (Å²) >= 11 is 2.11. The highest BCUT2D eigenvalue weighted by molar-refractivity contribution is 7.99. The van der Waals surface area contributed by atoms with Crippen molar-refractivity contribution in [2.45, 2.75) is 37.5 Å². The van der Waals surface area contributed by atoms with Crippen molar-refractivity contribution in [1.29, 1.82) is 0 Å². The fourth-order valence-electron chi connectivity index (χ4n) is 2.04. The van der Waals surface area contributed by atoms with Crippen LogP contribution in [0.5, 0.6) is 0 Å². The summed E-state index contributed by atoms with van der Waals surface area (Å²) in [7, 11) is 0. The Morgan fingerprint density at radius 2 is 2.47 bits per heavy atom. The van der Waals surface area contributed by atoms with E-state index in [1.165, 1.54) is 30.7 Å². The molecule has 4 heteroatoms. The van der Waals surface area contributed by atoms with Gasteiger partial charge in [0.1, 0.15) is 0 Å². The summed E-state index contributed by atoms with van der Waals surface area (Å²) in [5.74, 6) is 1.32. The van der Waals surface area contributed by atoms with Crippen LogP contribution in [0.15, 0.2) is 12.5 Å². The highest BCUT2D eigenvalue weighted by Gasteiger charge is 2.15. The van der Waals surface area contributed by atoms with Crippen molar-refractivity contribution in [3.8, 4) is 0 Å². The van der Waals surface area contributed by atoms with Crippen LogP contribution in [0.25, 0.3) is 0 Å². The lowest BCUT2D eigenvalue weighted by atomic mass is 10.2. The van der Waals surface area contributed by atoms with Crippen molar-refractivity contribution in [1.82, 2.24) is 9.55 Å². The molecule has 0 aliphatic carbocycles. The van der Waals surface area contributed by atoms with Gasteiger partial charge < -0.3 is 10.3 Å². The van der Waals surface area contributed by atoms with Crippen molar-refractivity contribution in [2.75, 3.05) is 12.3 Å². The molecule has 1 saturated heterocycles. The van der Waals surface area contributed by atoms with Gasteiger partial charge in [0.05, 0.1) is 6.33 Å². The van der Waals surface area contributed by atoms with Gasteiger partial charge in [-0.3, -0.25) is 0 Å². The van der Waals surface area contributed by atoms with Gasteiger partial charge in [-0.05, 0) is 25.1 Å². The molecule has 84 valence electrons. The summed E-state index contributed by atoms with van der Waals surface area (Å²) in [6.45, 7) is 1.82. The molecule has 0 bridgehead atoms.